The van der Waals surface area contributed by atoms with Gasteiger partial charge >= 0.3 is 0 Å². The van der Waals surface area contributed by atoms with E-state index in [9.17, 15) is 0 Å². The van der Waals surface area contributed by atoms with Crippen LogP contribution >= 0.6 is 11.3 Å². The van der Waals surface area contributed by atoms with Gasteiger partial charge in [-0.3, -0.25) is 0 Å². The summed E-state index contributed by atoms with van der Waals surface area (Å²) in [6.07, 6.45) is 1.18. The van der Waals surface area contributed by atoms with Gasteiger partial charge in [0.15, 0.2) is 0 Å². The van der Waals surface area contributed by atoms with Crippen LogP contribution in [0.3, 0.4) is 0 Å². The third kappa shape index (κ3) is 3.40. The molecule has 3 heteroatoms. The van der Waals surface area contributed by atoms with Gasteiger partial charge in [-0.2, -0.15) is 0 Å². The quantitative estimate of drug-likeness (QED) is 0.759. The van der Waals surface area contributed by atoms with Crippen molar-refractivity contribution in [2.24, 2.45) is 11.7 Å². The molecule has 3 N–H and O–H groups in total. The first-order valence-electron chi connectivity index (χ1n) is 5.23. The maximum Gasteiger partial charge on any atom is 0.0302 e. The minimum Gasteiger partial charge on any atom is -0.329 e. The molecule has 0 saturated heterocycles. The van der Waals surface area contributed by atoms with Gasteiger partial charge in [0.1, 0.15) is 0 Å². The lowest BCUT2D eigenvalue weighted by Crippen LogP contribution is -2.40. The average Bonchev–Trinajstić information content (AvgIpc) is 2.71. The van der Waals surface area contributed by atoms with E-state index in [0.29, 0.717) is 12.0 Å². The molecule has 1 rings (SSSR count). The van der Waals surface area contributed by atoms with Crippen LogP contribution in [0.25, 0.3) is 0 Å². The fourth-order valence-corrected chi connectivity index (χ4v) is 2.10. The molecular formula is C11H20N2S. The van der Waals surface area contributed by atoms with E-state index in [1.807, 2.05) is 0 Å². The maximum atomic E-state index is 5.73. The Morgan fingerprint density at radius 1 is 1.57 bits per heavy atom. The zero-order valence-corrected chi connectivity index (χ0v) is 9.81. The Kier molecular flexibility index (Phi) is 5.15. The van der Waals surface area contributed by atoms with Crippen LogP contribution in [0, 0.1) is 5.92 Å². The molecule has 1 aromatic rings. The lowest BCUT2D eigenvalue weighted by molar-refractivity contribution is 0.372. The zero-order chi connectivity index (χ0) is 10.4. The Labute approximate surface area is 90.5 Å². The van der Waals surface area contributed by atoms with E-state index in [-0.39, 0.29) is 0 Å². The molecule has 0 saturated carbocycles. The van der Waals surface area contributed by atoms with Crippen molar-refractivity contribution in [2.45, 2.75) is 32.9 Å². The van der Waals surface area contributed by atoms with Gasteiger partial charge in [-0.15, -0.1) is 11.3 Å². The molecule has 2 nitrogen and oxygen atoms in total. The van der Waals surface area contributed by atoms with Crippen molar-refractivity contribution in [2.75, 3.05) is 6.54 Å². The predicted octanol–water partition coefficient (Wildman–Crippen LogP) is 2.21. The van der Waals surface area contributed by atoms with E-state index in [2.05, 4.69) is 36.7 Å². The van der Waals surface area contributed by atoms with Gasteiger partial charge in [0.25, 0.3) is 0 Å². The lowest BCUT2D eigenvalue weighted by atomic mass is 9.99. The summed E-state index contributed by atoms with van der Waals surface area (Å²) >= 11 is 1.79. The minimum absolute atomic E-state index is 0.446. The number of rotatable bonds is 6. The number of nitrogens with two attached hydrogens (primary N) is 1. The second-order valence-electron chi connectivity index (χ2n) is 3.69. The SMILES string of the molecule is CCC(C)C(CN)NCc1cccs1. The molecule has 80 valence electrons. The van der Waals surface area contributed by atoms with Crippen molar-refractivity contribution in [1.29, 1.82) is 0 Å². The first kappa shape index (κ1) is 11.7. The molecule has 0 aliphatic rings. The van der Waals surface area contributed by atoms with E-state index in [0.717, 1.165) is 13.1 Å². The highest BCUT2D eigenvalue weighted by Gasteiger charge is 2.12. The Balaban J connectivity index is 2.34. The summed E-state index contributed by atoms with van der Waals surface area (Å²) in [5.41, 5.74) is 5.73. The molecule has 2 unspecified atom stereocenters. The third-order valence-electron chi connectivity index (χ3n) is 2.70. The van der Waals surface area contributed by atoms with E-state index < -0.39 is 0 Å². The Morgan fingerprint density at radius 2 is 2.36 bits per heavy atom. The van der Waals surface area contributed by atoms with E-state index in [4.69, 9.17) is 5.73 Å². The Morgan fingerprint density at radius 3 is 2.86 bits per heavy atom. The standard InChI is InChI=1S/C11H20N2S/c1-3-9(2)11(7-12)13-8-10-5-4-6-14-10/h4-6,9,11,13H,3,7-8,12H2,1-2H3. The zero-order valence-electron chi connectivity index (χ0n) is 8.99. The van der Waals surface area contributed by atoms with Crippen molar-refractivity contribution >= 4 is 11.3 Å². The van der Waals surface area contributed by atoms with Crippen LogP contribution in [-0.2, 0) is 6.54 Å². The van der Waals surface area contributed by atoms with E-state index >= 15 is 0 Å². The molecular weight excluding hydrogens is 192 g/mol. The van der Waals surface area contributed by atoms with Crippen LogP contribution < -0.4 is 11.1 Å². The molecule has 0 aliphatic carbocycles. The predicted molar refractivity (Wildman–Crippen MR) is 63.5 cm³/mol. The number of thiophene rings is 1. The van der Waals surface area contributed by atoms with Gasteiger partial charge in [-0.1, -0.05) is 26.3 Å². The molecule has 0 aliphatic heterocycles. The molecule has 2 atom stereocenters. The van der Waals surface area contributed by atoms with Crippen LogP contribution in [0.5, 0.6) is 0 Å². The van der Waals surface area contributed by atoms with Gasteiger partial charge in [0.05, 0.1) is 0 Å². The summed E-state index contributed by atoms with van der Waals surface area (Å²) in [7, 11) is 0. The summed E-state index contributed by atoms with van der Waals surface area (Å²) in [5.74, 6) is 0.653. The molecule has 1 heterocycles. The van der Waals surface area contributed by atoms with E-state index in [1.54, 1.807) is 11.3 Å². The highest BCUT2D eigenvalue weighted by Crippen LogP contribution is 2.11. The first-order chi connectivity index (χ1) is 6.77. The van der Waals surface area contributed by atoms with Crippen LogP contribution in [-0.4, -0.2) is 12.6 Å². The van der Waals surface area contributed by atoms with Gasteiger partial charge in [-0.25, -0.2) is 0 Å². The second kappa shape index (κ2) is 6.17. The van der Waals surface area contributed by atoms with Gasteiger partial charge in [-0.05, 0) is 17.4 Å². The summed E-state index contributed by atoms with van der Waals surface area (Å²) < 4.78 is 0. The summed E-state index contributed by atoms with van der Waals surface area (Å²) in [6.45, 7) is 6.13. The summed E-state index contributed by atoms with van der Waals surface area (Å²) in [4.78, 5) is 1.38. The van der Waals surface area contributed by atoms with Crippen molar-refractivity contribution in [3.8, 4) is 0 Å². The van der Waals surface area contributed by atoms with E-state index in [1.165, 1.54) is 11.3 Å². The fourth-order valence-electron chi connectivity index (χ4n) is 1.45. The van der Waals surface area contributed by atoms with Crippen LogP contribution in [0.4, 0.5) is 0 Å². The molecule has 1 aromatic heterocycles. The van der Waals surface area contributed by atoms with Crippen LogP contribution in [0.15, 0.2) is 17.5 Å². The summed E-state index contributed by atoms with van der Waals surface area (Å²) in [5, 5.41) is 5.62. The van der Waals surface area contributed by atoms with Crippen molar-refractivity contribution in [3.63, 3.8) is 0 Å². The van der Waals surface area contributed by atoms with Crippen molar-refractivity contribution in [1.82, 2.24) is 5.32 Å². The van der Waals surface area contributed by atoms with Gasteiger partial charge < -0.3 is 11.1 Å². The lowest BCUT2D eigenvalue weighted by Gasteiger charge is -2.22. The second-order valence-corrected chi connectivity index (χ2v) is 4.72. The molecule has 14 heavy (non-hydrogen) atoms. The first-order valence-corrected chi connectivity index (χ1v) is 6.11. The molecule has 0 bridgehead atoms. The molecule has 0 aromatic carbocycles. The molecule has 0 fully saturated rings. The normalized spacial score (nSPS) is 15.4. The number of hydrogen-bond donors (Lipinski definition) is 2. The Hall–Kier alpha value is -0.380. The fraction of sp³-hybridized carbons (Fsp3) is 0.636. The van der Waals surface area contributed by atoms with Crippen LogP contribution in [0.2, 0.25) is 0 Å². The average molecular weight is 212 g/mol. The van der Waals surface area contributed by atoms with Gasteiger partial charge in [0.2, 0.25) is 0 Å². The third-order valence-corrected chi connectivity index (χ3v) is 3.58. The topological polar surface area (TPSA) is 38.0 Å². The minimum atomic E-state index is 0.446. The summed E-state index contributed by atoms with van der Waals surface area (Å²) in [6, 6.07) is 4.69. The largest absolute Gasteiger partial charge is 0.329 e. The van der Waals surface area contributed by atoms with Gasteiger partial charge in [0, 0.05) is 24.0 Å². The number of hydrogen-bond acceptors (Lipinski definition) is 3. The van der Waals surface area contributed by atoms with Crippen molar-refractivity contribution < 1.29 is 0 Å². The maximum absolute atomic E-state index is 5.73. The smallest absolute Gasteiger partial charge is 0.0302 e. The molecule has 0 radical (unpaired) electrons. The van der Waals surface area contributed by atoms with Crippen molar-refractivity contribution in [3.05, 3.63) is 22.4 Å². The highest BCUT2D eigenvalue weighted by molar-refractivity contribution is 7.09. The van der Waals surface area contributed by atoms with Crippen LogP contribution in [0.1, 0.15) is 25.1 Å². The Bertz CT molecular complexity index is 233. The molecule has 0 spiro atoms. The monoisotopic (exact) mass is 212 g/mol. The number of nitrogens with one attached hydrogen (secondary N) is 1. The molecule has 0 amide bonds. The highest BCUT2D eigenvalue weighted by atomic mass is 32.1.